The van der Waals surface area contributed by atoms with Crippen LogP contribution in [0.3, 0.4) is 0 Å². The van der Waals surface area contributed by atoms with Crippen LogP contribution in [0, 0.1) is 11.8 Å². The Morgan fingerprint density at radius 1 is 1.08 bits per heavy atom. The van der Waals surface area contributed by atoms with Gasteiger partial charge in [0.2, 0.25) is 0 Å². The molecule has 2 heterocycles. The van der Waals surface area contributed by atoms with Gasteiger partial charge in [0, 0.05) is 18.8 Å². The molecule has 2 aliphatic rings. The van der Waals surface area contributed by atoms with E-state index in [4.69, 9.17) is 9.84 Å². The lowest BCUT2D eigenvalue weighted by Crippen LogP contribution is -2.25. The lowest BCUT2D eigenvalue weighted by atomic mass is 9.77. The van der Waals surface area contributed by atoms with E-state index in [0.717, 1.165) is 44.9 Å². The van der Waals surface area contributed by atoms with E-state index in [1.807, 2.05) is 0 Å². The van der Waals surface area contributed by atoms with Gasteiger partial charge in [0.1, 0.15) is 0 Å². The average Bonchev–Trinajstić information content (AvgIpc) is 3.17. The number of carbonyl (C=O) groups is 2. The molecule has 0 saturated carbocycles. The fourth-order valence-corrected chi connectivity index (χ4v) is 3.98. The Balaban J connectivity index is 1.79. The number of fused-ring (bicyclic) bond motifs is 2. The first-order valence-corrected chi connectivity index (χ1v) is 9.85. The van der Waals surface area contributed by atoms with Crippen LogP contribution in [0.2, 0.25) is 0 Å². The highest BCUT2D eigenvalue weighted by atomic mass is 16.5. The van der Waals surface area contributed by atoms with E-state index in [2.05, 4.69) is 25.2 Å². The fourth-order valence-electron chi connectivity index (χ4n) is 3.98. The zero-order chi connectivity index (χ0) is 18.1. The molecule has 0 aromatic rings. The molecule has 4 atom stereocenters. The molecule has 2 rings (SSSR count). The van der Waals surface area contributed by atoms with Crippen LogP contribution in [0.15, 0.2) is 24.3 Å². The number of rotatable bonds is 12. The van der Waals surface area contributed by atoms with Crippen molar-refractivity contribution in [1.29, 1.82) is 0 Å². The molecule has 0 aliphatic carbocycles. The molecule has 0 aromatic carbocycles. The maximum Gasteiger partial charge on any atom is 0.303 e. The maximum atomic E-state index is 12.0. The molecule has 1 N–H and O–H groups in total. The van der Waals surface area contributed by atoms with E-state index in [1.54, 1.807) is 6.08 Å². The molecule has 2 fully saturated rings. The smallest absolute Gasteiger partial charge is 0.303 e. The number of ketones is 1. The predicted octanol–water partition coefficient (Wildman–Crippen LogP) is 4.69. The molecule has 2 aliphatic heterocycles. The van der Waals surface area contributed by atoms with Crippen LogP contribution >= 0.6 is 0 Å². The molecule has 140 valence electrons. The number of allylic oxidation sites excluding steroid dienone is 3. The fraction of sp³-hybridized carbons (Fsp3) is 0.714. The second kappa shape index (κ2) is 10.5. The second-order valence-corrected chi connectivity index (χ2v) is 7.31. The minimum atomic E-state index is -0.733. The number of hydrogen-bond acceptors (Lipinski definition) is 3. The third kappa shape index (κ3) is 6.43. The summed E-state index contributed by atoms with van der Waals surface area (Å²) in [4.78, 5) is 22.5. The van der Waals surface area contributed by atoms with Crippen molar-refractivity contribution in [3.63, 3.8) is 0 Å². The summed E-state index contributed by atoms with van der Waals surface area (Å²) in [5, 5.41) is 8.64. The summed E-state index contributed by atoms with van der Waals surface area (Å²) in [5.74, 6) is 0.301. The topological polar surface area (TPSA) is 63.6 Å². The minimum Gasteiger partial charge on any atom is -0.481 e. The molecule has 0 amide bonds. The average molecular weight is 348 g/mol. The quantitative estimate of drug-likeness (QED) is 0.316. The number of aliphatic carboxylic acids is 1. The van der Waals surface area contributed by atoms with Crippen LogP contribution in [-0.2, 0) is 14.3 Å². The summed E-state index contributed by atoms with van der Waals surface area (Å²) in [6, 6.07) is 0. The van der Waals surface area contributed by atoms with Crippen molar-refractivity contribution in [3.8, 4) is 0 Å². The highest BCUT2D eigenvalue weighted by Gasteiger charge is 2.46. The Bertz CT molecular complexity index is 494. The highest BCUT2D eigenvalue weighted by molar-refractivity contribution is 5.89. The van der Waals surface area contributed by atoms with Gasteiger partial charge in [-0.2, -0.15) is 0 Å². The maximum absolute atomic E-state index is 12.0. The van der Waals surface area contributed by atoms with E-state index >= 15 is 0 Å². The number of carboxylic acids is 1. The molecule has 2 saturated heterocycles. The molecule has 2 bridgehead atoms. The lowest BCUT2D eigenvalue weighted by molar-refractivity contribution is -0.137. The normalized spacial score (nSPS) is 28.4. The molecule has 0 aromatic heterocycles. The van der Waals surface area contributed by atoms with Gasteiger partial charge < -0.3 is 9.84 Å². The first kappa shape index (κ1) is 19.9. The van der Waals surface area contributed by atoms with Gasteiger partial charge in [0.05, 0.1) is 12.2 Å². The van der Waals surface area contributed by atoms with Gasteiger partial charge >= 0.3 is 5.97 Å². The van der Waals surface area contributed by atoms with Crippen LogP contribution in [0.4, 0.5) is 0 Å². The second-order valence-electron chi connectivity index (χ2n) is 7.31. The molecule has 4 nitrogen and oxygen atoms in total. The van der Waals surface area contributed by atoms with E-state index in [-0.39, 0.29) is 18.3 Å². The molecular formula is C21H32O4. The SMILES string of the molecule is CCCCCC(=O)/C=C/[C@H]1[C@@H](C/C=C\CCCC(=O)O)[C@@H]2CC[C@H]1O2. The van der Waals surface area contributed by atoms with Crippen LogP contribution < -0.4 is 0 Å². The predicted molar refractivity (Wildman–Crippen MR) is 98.4 cm³/mol. The van der Waals surface area contributed by atoms with Crippen molar-refractivity contribution in [3.05, 3.63) is 24.3 Å². The first-order chi connectivity index (χ1) is 12.1. The van der Waals surface area contributed by atoms with Gasteiger partial charge in [-0.1, -0.05) is 38.0 Å². The van der Waals surface area contributed by atoms with Crippen molar-refractivity contribution in [2.75, 3.05) is 0 Å². The van der Waals surface area contributed by atoms with Crippen molar-refractivity contribution in [1.82, 2.24) is 0 Å². The minimum absolute atomic E-state index is 0.229. The molecule has 0 spiro atoms. The van der Waals surface area contributed by atoms with Gasteiger partial charge in [-0.05, 0) is 50.5 Å². The van der Waals surface area contributed by atoms with Gasteiger partial charge in [0.15, 0.2) is 5.78 Å². The number of unbranched alkanes of at least 4 members (excludes halogenated alkanes) is 3. The summed E-state index contributed by atoms with van der Waals surface area (Å²) in [5.41, 5.74) is 0. The zero-order valence-electron chi connectivity index (χ0n) is 15.4. The molecule has 4 heteroatoms. The number of carboxylic acid groups (broad SMARTS) is 1. The van der Waals surface area contributed by atoms with Gasteiger partial charge in [0.25, 0.3) is 0 Å². The third-order valence-corrected chi connectivity index (χ3v) is 5.35. The van der Waals surface area contributed by atoms with Gasteiger partial charge in [-0.15, -0.1) is 0 Å². The van der Waals surface area contributed by atoms with Crippen molar-refractivity contribution in [2.24, 2.45) is 11.8 Å². The van der Waals surface area contributed by atoms with Crippen LogP contribution in [-0.4, -0.2) is 29.1 Å². The van der Waals surface area contributed by atoms with Gasteiger partial charge in [-0.3, -0.25) is 9.59 Å². The van der Waals surface area contributed by atoms with E-state index in [9.17, 15) is 9.59 Å². The standard InChI is InChI=1S/C21H32O4/c1-2-3-6-9-16(22)12-13-18-17(19-14-15-20(18)25-19)10-7-4-5-8-11-21(23)24/h4,7,12-13,17-20H,2-3,5-6,8-11,14-15H2,1H3,(H,23,24)/b7-4-,13-12+/t17-,18+,19+,20-/m1/s1. The number of carbonyl (C=O) groups excluding carboxylic acids is 1. The van der Waals surface area contributed by atoms with Crippen molar-refractivity contribution >= 4 is 11.8 Å². The zero-order valence-corrected chi connectivity index (χ0v) is 15.4. The Kier molecular flexibility index (Phi) is 8.39. The summed E-state index contributed by atoms with van der Waals surface area (Å²) < 4.78 is 6.06. The van der Waals surface area contributed by atoms with E-state index in [0.29, 0.717) is 30.8 Å². The summed E-state index contributed by atoms with van der Waals surface area (Å²) in [6.45, 7) is 2.15. The Morgan fingerprint density at radius 2 is 1.88 bits per heavy atom. The van der Waals surface area contributed by atoms with E-state index in [1.165, 1.54) is 0 Å². The number of ether oxygens (including phenoxy) is 1. The Morgan fingerprint density at radius 3 is 2.64 bits per heavy atom. The Labute approximate surface area is 151 Å². The van der Waals surface area contributed by atoms with Crippen molar-refractivity contribution < 1.29 is 19.4 Å². The highest BCUT2D eigenvalue weighted by Crippen LogP contribution is 2.45. The van der Waals surface area contributed by atoms with Crippen LogP contribution in [0.25, 0.3) is 0 Å². The largest absolute Gasteiger partial charge is 0.481 e. The van der Waals surface area contributed by atoms with E-state index < -0.39 is 5.97 Å². The van der Waals surface area contributed by atoms with Gasteiger partial charge in [-0.25, -0.2) is 0 Å². The summed E-state index contributed by atoms with van der Waals surface area (Å²) in [7, 11) is 0. The molecule has 25 heavy (non-hydrogen) atoms. The summed E-state index contributed by atoms with van der Waals surface area (Å²) in [6.07, 6.45) is 17.5. The molecule has 0 unspecified atom stereocenters. The Hall–Kier alpha value is -1.42. The molecular weight excluding hydrogens is 316 g/mol. The summed E-state index contributed by atoms with van der Waals surface area (Å²) >= 11 is 0. The van der Waals surface area contributed by atoms with Crippen LogP contribution in [0.5, 0.6) is 0 Å². The third-order valence-electron chi connectivity index (χ3n) is 5.35. The first-order valence-electron chi connectivity index (χ1n) is 9.85. The number of hydrogen-bond donors (Lipinski definition) is 1. The lowest BCUT2D eigenvalue weighted by Gasteiger charge is -2.24. The monoisotopic (exact) mass is 348 g/mol. The molecule has 0 radical (unpaired) electrons. The van der Waals surface area contributed by atoms with Crippen molar-refractivity contribution in [2.45, 2.75) is 83.3 Å². The van der Waals surface area contributed by atoms with Crippen LogP contribution in [0.1, 0.15) is 71.1 Å².